The fourth-order valence-electron chi connectivity index (χ4n) is 2.61. The zero-order chi connectivity index (χ0) is 14.4. The van der Waals surface area contributed by atoms with E-state index in [1.165, 1.54) is 12.8 Å². The van der Waals surface area contributed by atoms with Gasteiger partial charge in [0.2, 0.25) is 0 Å². The third-order valence-electron chi connectivity index (χ3n) is 3.74. The highest BCUT2D eigenvalue weighted by Crippen LogP contribution is 2.17. The van der Waals surface area contributed by atoms with E-state index in [-0.39, 0.29) is 0 Å². The molecule has 1 aromatic rings. The Morgan fingerprint density at radius 2 is 1.95 bits per heavy atom. The lowest BCUT2D eigenvalue weighted by molar-refractivity contribution is 0.0542. The highest BCUT2D eigenvalue weighted by Gasteiger charge is 2.16. The second-order valence-electron chi connectivity index (χ2n) is 6.16. The van der Waals surface area contributed by atoms with Crippen molar-refractivity contribution in [3.05, 3.63) is 23.7 Å². The second kappa shape index (κ2) is 7.81. The van der Waals surface area contributed by atoms with Crippen LogP contribution >= 0.6 is 0 Å². The first-order valence-electron chi connectivity index (χ1n) is 7.70. The van der Waals surface area contributed by atoms with E-state index < -0.39 is 0 Å². The lowest BCUT2D eigenvalue weighted by atomic mass is 10.00. The number of ether oxygens (including phenoxy) is 1. The number of hydrogen-bond donors (Lipinski definition) is 1. The van der Waals surface area contributed by atoms with Crippen LogP contribution in [-0.4, -0.2) is 37.7 Å². The molecule has 1 aliphatic heterocycles. The fraction of sp³-hybridized carbons (Fsp3) is 0.750. The Balaban J connectivity index is 1.74. The summed E-state index contributed by atoms with van der Waals surface area (Å²) < 4.78 is 11.3. The van der Waals surface area contributed by atoms with Crippen molar-refractivity contribution >= 4 is 0 Å². The van der Waals surface area contributed by atoms with Gasteiger partial charge in [0, 0.05) is 25.8 Å². The smallest absolute Gasteiger partial charge is 0.118 e. The molecule has 20 heavy (non-hydrogen) atoms. The van der Waals surface area contributed by atoms with Crippen LogP contribution in [0.25, 0.3) is 0 Å². The van der Waals surface area contributed by atoms with Gasteiger partial charge in [0.25, 0.3) is 0 Å². The van der Waals surface area contributed by atoms with E-state index in [0.717, 1.165) is 50.3 Å². The molecule has 2 heterocycles. The molecule has 0 aliphatic carbocycles. The predicted molar refractivity (Wildman–Crippen MR) is 80.6 cm³/mol. The standard InChI is InChI=1S/C16H28N2O2/c1-13(2)17-10-15-4-5-16(20-15)12-18(3)11-14-6-8-19-9-7-14/h4-5,13-14,17H,6-12H2,1-3H3. The molecule has 1 N–H and O–H groups in total. The third kappa shape index (κ3) is 5.27. The van der Waals surface area contributed by atoms with Gasteiger partial charge in [-0.1, -0.05) is 13.8 Å². The molecule has 0 unspecified atom stereocenters. The Hall–Kier alpha value is -0.840. The Labute approximate surface area is 122 Å². The van der Waals surface area contributed by atoms with Crippen molar-refractivity contribution in [2.24, 2.45) is 5.92 Å². The maximum absolute atomic E-state index is 5.87. The number of rotatable bonds is 7. The monoisotopic (exact) mass is 280 g/mol. The van der Waals surface area contributed by atoms with Crippen molar-refractivity contribution in [1.29, 1.82) is 0 Å². The van der Waals surface area contributed by atoms with Gasteiger partial charge in [0.1, 0.15) is 11.5 Å². The molecule has 1 saturated heterocycles. The molecule has 0 amide bonds. The molecule has 0 bridgehead atoms. The molecule has 0 atom stereocenters. The predicted octanol–water partition coefficient (Wildman–Crippen LogP) is 2.64. The minimum Gasteiger partial charge on any atom is -0.463 e. The summed E-state index contributed by atoms with van der Waals surface area (Å²) in [5, 5.41) is 3.37. The lowest BCUT2D eigenvalue weighted by Gasteiger charge is -2.26. The van der Waals surface area contributed by atoms with Gasteiger partial charge in [-0.25, -0.2) is 0 Å². The van der Waals surface area contributed by atoms with Gasteiger partial charge in [-0.15, -0.1) is 0 Å². The first kappa shape index (κ1) is 15.5. The summed E-state index contributed by atoms with van der Waals surface area (Å²) in [6.45, 7) is 8.95. The maximum atomic E-state index is 5.87. The topological polar surface area (TPSA) is 37.6 Å². The molecule has 0 radical (unpaired) electrons. The van der Waals surface area contributed by atoms with Crippen LogP contribution in [0.1, 0.15) is 38.2 Å². The minimum absolute atomic E-state index is 0.486. The van der Waals surface area contributed by atoms with Crippen LogP contribution in [0.15, 0.2) is 16.5 Å². The average molecular weight is 280 g/mol. The summed E-state index contributed by atoms with van der Waals surface area (Å²) in [6.07, 6.45) is 2.37. The molecule has 1 fully saturated rings. The quantitative estimate of drug-likeness (QED) is 0.833. The van der Waals surface area contributed by atoms with Crippen molar-refractivity contribution in [1.82, 2.24) is 10.2 Å². The van der Waals surface area contributed by atoms with Crippen LogP contribution in [-0.2, 0) is 17.8 Å². The molecule has 1 aliphatic rings. The number of nitrogens with one attached hydrogen (secondary N) is 1. The van der Waals surface area contributed by atoms with Gasteiger partial charge in [-0.3, -0.25) is 4.90 Å². The second-order valence-corrected chi connectivity index (χ2v) is 6.16. The van der Waals surface area contributed by atoms with Gasteiger partial charge in [-0.05, 0) is 37.9 Å². The Morgan fingerprint density at radius 3 is 2.65 bits per heavy atom. The number of furan rings is 1. The zero-order valence-corrected chi connectivity index (χ0v) is 13.0. The molecular formula is C16H28N2O2. The summed E-state index contributed by atoms with van der Waals surface area (Å²) in [6, 6.07) is 4.66. The van der Waals surface area contributed by atoms with E-state index in [0.29, 0.717) is 6.04 Å². The summed E-state index contributed by atoms with van der Waals surface area (Å²) in [4.78, 5) is 2.36. The van der Waals surface area contributed by atoms with Crippen LogP contribution in [0.4, 0.5) is 0 Å². The molecule has 0 aromatic carbocycles. The first-order valence-corrected chi connectivity index (χ1v) is 7.70. The van der Waals surface area contributed by atoms with Crippen molar-refractivity contribution in [3.63, 3.8) is 0 Å². The van der Waals surface area contributed by atoms with E-state index >= 15 is 0 Å². The van der Waals surface area contributed by atoms with Gasteiger partial charge >= 0.3 is 0 Å². The van der Waals surface area contributed by atoms with Crippen LogP contribution in [0, 0.1) is 5.92 Å². The molecule has 4 nitrogen and oxygen atoms in total. The van der Waals surface area contributed by atoms with Gasteiger partial charge in [0.05, 0.1) is 13.1 Å². The van der Waals surface area contributed by atoms with E-state index in [4.69, 9.17) is 9.15 Å². The third-order valence-corrected chi connectivity index (χ3v) is 3.74. The SMILES string of the molecule is CC(C)NCc1ccc(CN(C)CC2CCOCC2)o1. The summed E-state index contributed by atoms with van der Waals surface area (Å²) >= 11 is 0. The van der Waals surface area contributed by atoms with Crippen LogP contribution in [0.2, 0.25) is 0 Å². The lowest BCUT2D eigenvalue weighted by Crippen LogP contribution is -2.29. The van der Waals surface area contributed by atoms with Crippen molar-refractivity contribution in [3.8, 4) is 0 Å². The molecule has 2 rings (SSSR count). The molecule has 0 saturated carbocycles. The largest absolute Gasteiger partial charge is 0.463 e. The van der Waals surface area contributed by atoms with Crippen LogP contribution in [0.5, 0.6) is 0 Å². The first-order chi connectivity index (χ1) is 9.63. The molecular weight excluding hydrogens is 252 g/mol. The van der Waals surface area contributed by atoms with Gasteiger partial charge in [-0.2, -0.15) is 0 Å². The molecule has 114 valence electrons. The summed E-state index contributed by atoms with van der Waals surface area (Å²) in [5.74, 6) is 2.85. The molecule has 4 heteroatoms. The average Bonchev–Trinajstić information content (AvgIpc) is 2.85. The van der Waals surface area contributed by atoms with E-state index in [1.807, 2.05) is 0 Å². The van der Waals surface area contributed by atoms with Gasteiger partial charge < -0.3 is 14.5 Å². The number of nitrogens with zero attached hydrogens (tertiary/aromatic N) is 1. The minimum atomic E-state index is 0.486. The highest BCUT2D eigenvalue weighted by molar-refractivity contribution is 5.07. The van der Waals surface area contributed by atoms with Gasteiger partial charge in [0.15, 0.2) is 0 Å². The summed E-state index contributed by atoms with van der Waals surface area (Å²) in [5.41, 5.74) is 0. The maximum Gasteiger partial charge on any atom is 0.118 e. The molecule has 1 aromatic heterocycles. The van der Waals surface area contributed by atoms with Crippen molar-refractivity contribution in [2.75, 3.05) is 26.8 Å². The Morgan fingerprint density at radius 1 is 1.25 bits per heavy atom. The van der Waals surface area contributed by atoms with E-state index in [2.05, 4.69) is 43.2 Å². The fourth-order valence-corrected chi connectivity index (χ4v) is 2.61. The Bertz CT molecular complexity index is 384. The van der Waals surface area contributed by atoms with E-state index in [9.17, 15) is 0 Å². The van der Waals surface area contributed by atoms with Crippen LogP contribution < -0.4 is 5.32 Å². The zero-order valence-electron chi connectivity index (χ0n) is 13.0. The molecule has 0 spiro atoms. The van der Waals surface area contributed by atoms with Crippen LogP contribution in [0.3, 0.4) is 0 Å². The van der Waals surface area contributed by atoms with Crippen molar-refractivity contribution < 1.29 is 9.15 Å². The number of hydrogen-bond acceptors (Lipinski definition) is 4. The highest BCUT2D eigenvalue weighted by atomic mass is 16.5. The normalized spacial score (nSPS) is 17.2. The van der Waals surface area contributed by atoms with E-state index in [1.54, 1.807) is 0 Å². The Kier molecular flexibility index (Phi) is 6.07. The summed E-state index contributed by atoms with van der Waals surface area (Å²) in [7, 11) is 2.17. The van der Waals surface area contributed by atoms with Crippen molar-refractivity contribution in [2.45, 2.75) is 45.8 Å².